The summed E-state index contributed by atoms with van der Waals surface area (Å²) in [6.07, 6.45) is 2.68. The second-order valence-corrected chi connectivity index (χ2v) is 3.07. The number of hydrogen-bond donors (Lipinski definition) is 0. The van der Waals surface area contributed by atoms with Gasteiger partial charge in [0.25, 0.3) is 0 Å². The quantitative estimate of drug-likeness (QED) is 0.420. The predicted molar refractivity (Wildman–Crippen MR) is 36.8 cm³/mol. The van der Waals surface area contributed by atoms with Crippen molar-refractivity contribution in [1.29, 1.82) is 0 Å². The highest BCUT2D eigenvalue weighted by Crippen LogP contribution is 2.29. The molecule has 0 fully saturated rings. The molecule has 0 heteroatoms. The Labute approximate surface area is 51.6 Å². The minimum atomic E-state index is 0.926. The summed E-state index contributed by atoms with van der Waals surface area (Å²) in [6.45, 7) is 6.82. The maximum Gasteiger partial charge on any atom is -0.0292 e. The largest absolute Gasteiger partial charge is 0.0741 e. The van der Waals surface area contributed by atoms with Crippen LogP contribution in [0, 0.1) is 5.92 Å². The normalized spacial score (nSPS) is 22.9. The highest BCUT2D eigenvalue weighted by molar-refractivity contribution is 5.16. The van der Waals surface area contributed by atoms with E-state index in [1.54, 1.807) is 11.1 Å². The third-order valence-electron chi connectivity index (χ3n) is 2.04. The number of allylic oxidation sites excluding steroid dienone is 2. The van der Waals surface area contributed by atoms with Crippen LogP contribution in [0.3, 0.4) is 0 Å². The molecule has 8 heavy (non-hydrogen) atoms. The van der Waals surface area contributed by atoms with Crippen LogP contribution >= 0.6 is 0 Å². The van der Waals surface area contributed by atoms with Crippen molar-refractivity contribution in [3.05, 3.63) is 11.1 Å². The first-order valence-electron chi connectivity index (χ1n) is 3.35. The van der Waals surface area contributed by atoms with Crippen molar-refractivity contribution in [2.75, 3.05) is 0 Å². The lowest BCUT2D eigenvalue weighted by Gasteiger charge is -1.95. The Bertz CT molecular complexity index is 106. The fourth-order valence-electron chi connectivity index (χ4n) is 1.47. The molecule has 0 bridgehead atoms. The van der Waals surface area contributed by atoms with Gasteiger partial charge in [-0.2, -0.15) is 0 Å². The summed E-state index contributed by atoms with van der Waals surface area (Å²) in [4.78, 5) is 0. The summed E-state index contributed by atoms with van der Waals surface area (Å²) in [5.41, 5.74) is 3.25. The smallest absolute Gasteiger partial charge is 0.0292 e. The summed E-state index contributed by atoms with van der Waals surface area (Å²) >= 11 is 0. The molecule has 1 rings (SSSR count). The highest BCUT2D eigenvalue weighted by Gasteiger charge is 2.13. The molecular formula is C8H14. The topological polar surface area (TPSA) is 0 Å². The maximum absolute atomic E-state index is 2.32. The van der Waals surface area contributed by atoms with Gasteiger partial charge in [-0.25, -0.2) is 0 Å². The summed E-state index contributed by atoms with van der Waals surface area (Å²) < 4.78 is 0. The predicted octanol–water partition coefficient (Wildman–Crippen LogP) is 2.75. The van der Waals surface area contributed by atoms with Crippen molar-refractivity contribution in [3.8, 4) is 0 Å². The van der Waals surface area contributed by atoms with Gasteiger partial charge < -0.3 is 0 Å². The van der Waals surface area contributed by atoms with Gasteiger partial charge in [0.15, 0.2) is 0 Å². The summed E-state index contributed by atoms with van der Waals surface area (Å²) in [6, 6.07) is 0. The van der Waals surface area contributed by atoms with Gasteiger partial charge in [-0.15, -0.1) is 0 Å². The lowest BCUT2D eigenvalue weighted by molar-refractivity contribution is 0.620. The molecule has 0 heterocycles. The van der Waals surface area contributed by atoms with E-state index in [1.165, 1.54) is 12.8 Å². The van der Waals surface area contributed by atoms with Gasteiger partial charge in [0.05, 0.1) is 0 Å². The second-order valence-electron chi connectivity index (χ2n) is 3.07. The van der Waals surface area contributed by atoms with Crippen LogP contribution in [-0.2, 0) is 0 Å². The molecule has 0 spiro atoms. The van der Waals surface area contributed by atoms with E-state index in [-0.39, 0.29) is 0 Å². The van der Waals surface area contributed by atoms with E-state index in [2.05, 4.69) is 20.8 Å². The SMILES string of the molecule is CC1=C(C)CC(C)C1. The molecule has 0 aromatic heterocycles. The van der Waals surface area contributed by atoms with E-state index in [0.717, 1.165) is 5.92 Å². The summed E-state index contributed by atoms with van der Waals surface area (Å²) in [5.74, 6) is 0.926. The van der Waals surface area contributed by atoms with Crippen molar-refractivity contribution < 1.29 is 0 Å². The molecule has 0 atom stereocenters. The van der Waals surface area contributed by atoms with Crippen LogP contribution in [-0.4, -0.2) is 0 Å². The van der Waals surface area contributed by atoms with Crippen LogP contribution in [0.4, 0.5) is 0 Å². The van der Waals surface area contributed by atoms with Crippen molar-refractivity contribution in [1.82, 2.24) is 0 Å². The monoisotopic (exact) mass is 110 g/mol. The van der Waals surface area contributed by atoms with Crippen molar-refractivity contribution in [2.24, 2.45) is 5.92 Å². The molecule has 0 saturated heterocycles. The molecule has 0 nitrogen and oxygen atoms in total. The zero-order valence-corrected chi connectivity index (χ0v) is 5.99. The Hall–Kier alpha value is -0.260. The first-order valence-corrected chi connectivity index (χ1v) is 3.35. The van der Waals surface area contributed by atoms with Gasteiger partial charge in [-0.05, 0) is 32.6 Å². The van der Waals surface area contributed by atoms with Crippen LogP contribution in [0.2, 0.25) is 0 Å². The lowest BCUT2D eigenvalue weighted by atomic mass is 10.1. The van der Waals surface area contributed by atoms with Gasteiger partial charge >= 0.3 is 0 Å². The molecule has 0 aliphatic heterocycles. The Morgan fingerprint density at radius 3 is 1.62 bits per heavy atom. The van der Waals surface area contributed by atoms with Crippen LogP contribution in [0.15, 0.2) is 11.1 Å². The highest BCUT2D eigenvalue weighted by atomic mass is 14.2. The van der Waals surface area contributed by atoms with E-state index in [4.69, 9.17) is 0 Å². The standard InChI is InChI=1S/C8H14/c1-6-4-7(2)8(3)5-6/h6H,4-5H2,1-3H3. The van der Waals surface area contributed by atoms with Gasteiger partial charge in [0.2, 0.25) is 0 Å². The maximum atomic E-state index is 2.32. The van der Waals surface area contributed by atoms with E-state index in [9.17, 15) is 0 Å². The fourth-order valence-corrected chi connectivity index (χ4v) is 1.47. The molecular weight excluding hydrogens is 96.1 g/mol. The first-order chi connectivity index (χ1) is 3.70. The van der Waals surface area contributed by atoms with Gasteiger partial charge in [0.1, 0.15) is 0 Å². The molecule has 0 saturated carbocycles. The van der Waals surface area contributed by atoms with E-state index in [0.29, 0.717) is 0 Å². The van der Waals surface area contributed by atoms with Crippen molar-refractivity contribution in [2.45, 2.75) is 33.6 Å². The summed E-state index contributed by atoms with van der Waals surface area (Å²) in [5, 5.41) is 0. The number of rotatable bonds is 0. The second kappa shape index (κ2) is 1.93. The molecule has 0 amide bonds. The molecule has 46 valence electrons. The van der Waals surface area contributed by atoms with E-state index in [1.807, 2.05) is 0 Å². The summed E-state index contributed by atoms with van der Waals surface area (Å²) in [7, 11) is 0. The molecule has 0 unspecified atom stereocenters. The van der Waals surface area contributed by atoms with Gasteiger partial charge in [-0.1, -0.05) is 18.1 Å². The zero-order chi connectivity index (χ0) is 6.15. The molecule has 0 radical (unpaired) electrons. The van der Waals surface area contributed by atoms with E-state index >= 15 is 0 Å². The van der Waals surface area contributed by atoms with Crippen molar-refractivity contribution >= 4 is 0 Å². The van der Waals surface area contributed by atoms with Crippen LogP contribution in [0.5, 0.6) is 0 Å². The Balaban J connectivity index is 2.60. The average molecular weight is 110 g/mol. The van der Waals surface area contributed by atoms with E-state index < -0.39 is 0 Å². The Morgan fingerprint density at radius 2 is 1.50 bits per heavy atom. The van der Waals surface area contributed by atoms with Crippen molar-refractivity contribution in [3.63, 3.8) is 0 Å². The molecule has 0 N–H and O–H groups in total. The van der Waals surface area contributed by atoms with Gasteiger partial charge in [0, 0.05) is 0 Å². The number of hydrogen-bond acceptors (Lipinski definition) is 0. The van der Waals surface area contributed by atoms with Crippen LogP contribution in [0.25, 0.3) is 0 Å². The third-order valence-corrected chi connectivity index (χ3v) is 2.04. The zero-order valence-electron chi connectivity index (χ0n) is 5.99. The minimum absolute atomic E-state index is 0.926. The third kappa shape index (κ3) is 0.936. The fraction of sp³-hybridized carbons (Fsp3) is 0.750. The molecule has 1 aliphatic carbocycles. The van der Waals surface area contributed by atoms with Gasteiger partial charge in [-0.3, -0.25) is 0 Å². The molecule has 1 aliphatic rings. The average Bonchev–Trinajstić information content (AvgIpc) is 1.85. The molecule has 0 aromatic rings. The van der Waals surface area contributed by atoms with Crippen LogP contribution in [0.1, 0.15) is 33.6 Å². The Kier molecular flexibility index (Phi) is 1.41. The Morgan fingerprint density at radius 1 is 1.12 bits per heavy atom. The lowest BCUT2D eigenvalue weighted by Crippen LogP contribution is -1.83. The minimum Gasteiger partial charge on any atom is -0.0741 e. The van der Waals surface area contributed by atoms with Crippen LogP contribution < -0.4 is 0 Å². The first kappa shape index (κ1) is 5.87. The molecule has 0 aromatic carbocycles.